The fourth-order valence-electron chi connectivity index (χ4n) is 2.76. The van der Waals surface area contributed by atoms with E-state index < -0.39 is 17.6 Å². The zero-order valence-corrected chi connectivity index (χ0v) is 13.2. The zero-order chi connectivity index (χ0) is 17.9. The minimum Gasteiger partial charge on any atom is -0.460 e. The van der Waals surface area contributed by atoms with Crippen molar-refractivity contribution in [1.82, 2.24) is 14.9 Å². The fraction of sp³-hybridized carbons (Fsp3) is 0.353. The number of nitrogens with zero attached hydrogens (tertiary/aromatic N) is 3. The van der Waals surface area contributed by atoms with Crippen molar-refractivity contribution in [2.24, 2.45) is 0 Å². The van der Waals surface area contributed by atoms with Crippen molar-refractivity contribution in [2.75, 3.05) is 13.1 Å². The van der Waals surface area contributed by atoms with E-state index in [0.29, 0.717) is 25.9 Å². The Bertz CT molecular complexity index is 729. The van der Waals surface area contributed by atoms with Crippen LogP contribution < -0.4 is 4.74 Å². The molecule has 3 rings (SSSR count). The number of piperidine rings is 1. The Morgan fingerprint density at radius 3 is 2.36 bits per heavy atom. The molecule has 0 unspecified atom stereocenters. The first-order chi connectivity index (χ1) is 11.9. The molecule has 1 aromatic heterocycles. The highest BCUT2D eigenvalue weighted by Gasteiger charge is 2.36. The summed E-state index contributed by atoms with van der Waals surface area (Å²) in [5, 5.41) is 0. The molecule has 0 aliphatic carbocycles. The minimum absolute atomic E-state index is 0.163. The second-order valence-corrected chi connectivity index (χ2v) is 5.68. The number of benzene rings is 1. The van der Waals surface area contributed by atoms with E-state index in [2.05, 4.69) is 9.97 Å². The molecular formula is C17H16F3N3O2. The van der Waals surface area contributed by atoms with Crippen LogP contribution in [-0.4, -0.2) is 40.0 Å². The summed E-state index contributed by atoms with van der Waals surface area (Å²) in [6.45, 7) is 0.644. The topological polar surface area (TPSA) is 55.3 Å². The first-order valence-electron chi connectivity index (χ1n) is 7.84. The molecule has 0 saturated carbocycles. The lowest BCUT2D eigenvalue weighted by Crippen LogP contribution is -2.42. The number of aromatic nitrogens is 2. The predicted molar refractivity (Wildman–Crippen MR) is 83.0 cm³/mol. The number of carbonyl (C=O) groups is 1. The molecule has 0 bridgehead atoms. The monoisotopic (exact) mass is 351 g/mol. The van der Waals surface area contributed by atoms with E-state index in [-0.39, 0.29) is 17.7 Å². The van der Waals surface area contributed by atoms with Gasteiger partial charge in [0.1, 0.15) is 6.10 Å². The molecule has 25 heavy (non-hydrogen) atoms. The predicted octanol–water partition coefficient (Wildman–Crippen LogP) is 3.18. The quantitative estimate of drug-likeness (QED) is 0.852. The number of amides is 1. The van der Waals surface area contributed by atoms with Gasteiger partial charge in [-0.15, -0.1) is 0 Å². The summed E-state index contributed by atoms with van der Waals surface area (Å²) in [6.07, 6.45) is -0.567. The Balaban J connectivity index is 1.65. The molecule has 2 heterocycles. The molecule has 0 radical (unpaired) electrons. The van der Waals surface area contributed by atoms with Gasteiger partial charge in [0.25, 0.3) is 5.91 Å². The molecule has 1 amide bonds. The lowest BCUT2D eigenvalue weighted by Gasteiger charge is -2.32. The van der Waals surface area contributed by atoms with E-state index >= 15 is 0 Å². The van der Waals surface area contributed by atoms with E-state index in [9.17, 15) is 18.0 Å². The van der Waals surface area contributed by atoms with Gasteiger partial charge < -0.3 is 9.64 Å². The molecule has 2 aromatic rings. The average molecular weight is 351 g/mol. The average Bonchev–Trinajstić information content (AvgIpc) is 2.62. The van der Waals surface area contributed by atoms with Crippen LogP contribution in [0.4, 0.5) is 13.2 Å². The van der Waals surface area contributed by atoms with Gasteiger partial charge in [-0.1, -0.05) is 12.1 Å². The molecule has 1 saturated heterocycles. The summed E-state index contributed by atoms with van der Waals surface area (Å²) in [7, 11) is 0. The van der Waals surface area contributed by atoms with Gasteiger partial charge in [0.2, 0.25) is 0 Å². The maximum atomic E-state index is 13.1. The molecule has 1 aliphatic heterocycles. The van der Waals surface area contributed by atoms with Crippen molar-refractivity contribution >= 4 is 5.91 Å². The number of alkyl halides is 3. The smallest absolute Gasteiger partial charge is 0.417 e. The van der Waals surface area contributed by atoms with E-state index in [1.165, 1.54) is 23.1 Å². The Kier molecular flexibility index (Phi) is 4.87. The molecule has 1 fully saturated rings. The van der Waals surface area contributed by atoms with Gasteiger partial charge in [-0.3, -0.25) is 4.79 Å². The second-order valence-electron chi connectivity index (χ2n) is 5.68. The second kappa shape index (κ2) is 7.08. The van der Waals surface area contributed by atoms with Crippen molar-refractivity contribution in [3.05, 3.63) is 53.9 Å². The highest BCUT2D eigenvalue weighted by atomic mass is 19.4. The summed E-state index contributed by atoms with van der Waals surface area (Å²) in [5.74, 6) is -0.609. The Hall–Kier alpha value is -2.64. The molecule has 1 aliphatic rings. The zero-order valence-electron chi connectivity index (χ0n) is 13.2. The van der Waals surface area contributed by atoms with Crippen LogP contribution in [0, 0.1) is 0 Å². The Morgan fingerprint density at radius 2 is 1.72 bits per heavy atom. The molecular weight excluding hydrogens is 335 g/mol. The van der Waals surface area contributed by atoms with E-state index in [1.54, 1.807) is 18.5 Å². The summed E-state index contributed by atoms with van der Waals surface area (Å²) >= 11 is 0. The molecule has 8 heteroatoms. The van der Waals surface area contributed by atoms with Gasteiger partial charge in [0.05, 0.1) is 11.1 Å². The number of carbonyl (C=O) groups excluding carboxylic acids is 1. The Labute approximate surface area is 142 Å². The van der Waals surface area contributed by atoms with Crippen LogP contribution in [-0.2, 0) is 6.18 Å². The normalized spacial score (nSPS) is 15.9. The lowest BCUT2D eigenvalue weighted by molar-refractivity contribution is -0.138. The molecule has 5 nitrogen and oxygen atoms in total. The summed E-state index contributed by atoms with van der Waals surface area (Å²) in [6, 6.07) is 6.79. The fourth-order valence-corrected chi connectivity index (χ4v) is 2.76. The molecule has 0 N–H and O–H groups in total. The Morgan fingerprint density at radius 1 is 1.08 bits per heavy atom. The summed E-state index contributed by atoms with van der Waals surface area (Å²) in [5.41, 5.74) is -1.23. The molecule has 1 aromatic carbocycles. The van der Waals surface area contributed by atoms with Crippen molar-refractivity contribution in [3.8, 4) is 6.01 Å². The number of halogens is 3. The van der Waals surface area contributed by atoms with Crippen LogP contribution in [0.1, 0.15) is 28.8 Å². The van der Waals surface area contributed by atoms with Crippen LogP contribution in [0.2, 0.25) is 0 Å². The number of ether oxygens (including phenoxy) is 1. The number of rotatable bonds is 3. The largest absolute Gasteiger partial charge is 0.460 e. The van der Waals surface area contributed by atoms with Gasteiger partial charge in [-0.05, 0) is 18.2 Å². The third-order valence-corrected chi connectivity index (χ3v) is 4.01. The molecule has 132 valence electrons. The van der Waals surface area contributed by atoms with E-state index in [0.717, 1.165) is 6.07 Å². The van der Waals surface area contributed by atoms with Crippen molar-refractivity contribution in [1.29, 1.82) is 0 Å². The van der Waals surface area contributed by atoms with Crippen molar-refractivity contribution < 1.29 is 22.7 Å². The van der Waals surface area contributed by atoms with Gasteiger partial charge >= 0.3 is 12.2 Å². The van der Waals surface area contributed by atoms with Crippen LogP contribution in [0.15, 0.2) is 42.7 Å². The maximum Gasteiger partial charge on any atom is 0.417 e. The van der Waals surface area contributed by atoms with E-state index in [1.807, 2.05) is 0 Å². The summed E-state index contributed by atoms with van der Waals surface area (Å²) < 4.78 is 44.9. The highest BCUT2D eigenvalue weighted by Crippen LogP contribution is 2.32. The van der Waals surface area contributed by atoms with Crippen molar-refractivity contribution in [2.45, 2.75) is 25.1 Å². The first kappa shape index (κ1) is 17.2. The first-order valence-corrected chi connectivity index (χ1v) is 7.84. The van der Waals surface area contributed by atoms with Crippen LogP contribution in [0.3, 0.4) is 0 Å². The third kappa shape index (κ3) is 4.07. The van der Waals surface area contributed by atoms with Crippen LogP contribution in [0.5, 0.6) is 6.01 Å². The maximum absolute atomic E-state index is 13.1. The molecule has 0 spiro atoms. The molecule has 0 atom stereocenters. The van der Waals surface area contributed by atoms with Crippen molar-refractivity contribution in [3.63, 3.8) is 0 Å². The summed E-state index contributed by atoms with van der Waals surface area (Å²) in [4.78, 5) is 21.9. The van der Waals surface area contributed by atoms with Crippen LogP contribution >= 0.6 is 0 Å². The number of hydrogen-bond acceptors (Lipinski definition) is 4. The standard InChI is InChI=1S/C17H16F3N3O2/c18-17(19,20)14-5-2-1-4-13(14)15(24)23-10-6-12(7-11-23)25-16-21-8-3-9-22-16/h1-5,8-9,12H,6-7,10-11H2. The number of likely N-dealkylation sites (tertiary alicyclic amines) is 1. The van der Waals surface area contributed by atoms with Gasteiger partial charge in [0, 0.05) is 38.3 Å². The highest BCUT2D eigenvalue weighted by molar-refractivity contribution is 5.96. The minimum atomic E-state index is -4.56. The van der Waals surface area contributed by atoms with Gasteiger partial charge in [-0.25, -0.2) is 9.97 Å². The van der Waals surface area contributed by atoms with Crippen LogP contribution in [0.25, 0.3) is 0 Å². The third-order valence-electron chi connectivity index (χ3n) is 4.01. The number of hydrogen-bond donors (Lipinski definition) is 0. The SMILES string of the molecule is O=C(c1ccccc1C(F)(F)F)N1CCC(Oc2ncccn2)CC1. The van der Waals surface area contributed by atoms with Gasteiger partial charge in [0.15, 0.2) is 0 Å². The van der Waals surface area contributed by atoms with E-state index in [4.69, 9.17) is 4.74 Å². The lowest BCUT2D eigenvalue weighted by atomic mass is 10.0. The van der Waals surface area contributed by atoms with Gasteiger partial charge in [-0.2, -0.15) is 13.2 Å².